The van der Waals surface area contributed by atoms with Crippen LogP contribution in [0.5, 0.6) is 0 Å². The van der Waals surface area contributed by atoms with Gasteiger partial charge in [0.1, 0.15) is 0 Å². The first kappa shape index (κ1) is 13.6. The second-order valence-corrected chi connectivity index (χ2v) is 5.96. The maximum atomic E-state index is 11.9. The maximum absolute atomic E-state index is 11.9. The van der Waals surface area contributed by atoms with E-state index in [0.29, 0.717) is 12.5 Å². The van der Waals surface area contributed by atoms with Gasteiger partial charge in [0.15, 0.2) is 0 Å². The lowest BCUT2D eigenvalue weighted by Crippen LogP contribution is -2.39. The fourth-order valence-electron chi connectivity index (χ4n) is 2.40. The fraction of sp³-hybridized carbons (Fsp3) is 0.500. The van der Waals surface area contributed by atoms with Crippen molar-refractivity contribution in [3.05, 3.63) is 28.7 Å². The van der Waals surface area contributed by atoms with Gasteiger partial charge in [-0.2, -0.15) is 0 Å². The first-order chi connectivity index (χ1) is 8.63. The number of carbonyl (C=O) groups is 1. The van der Waals surface area contributed by atoms with Crippen molar-refractivity contribution in [3.8, 4) is 0 Å². The molecule has 1 saturated heterocycles. The molecule has 1 aromatic carbocycles. The summed E-state index contributed by atoms with van der Waals surface area (Å²) >= 11 is 3.40. The summed E-state index contributed by atoms with van der Waals surface area (Å²) in [7, 11) is 0. The Kier molecular flexibility index (Phi) is 4.78. The third-order valence-corrected chi connectivity index (χ3v) is 3.71. The van der Waals surface area contributed by atoms with E-state index in [1.807, 2.05) is 24.3 Å². The Morgan fingerprint density at radius 2 is 2.39 bits per heavy atom. The van der Waals surface area contributed by atoms with Crippen molar-refractivity contribution < 1.29 is 4.79 Å². The van der Waals surface area contributed by atoms with Crippen molar-refractivity contribution in [2.75, 3.05) is 25.0 Å². The highest BCUT2D eigenvalue weighted by Crippen LogP contribution is 2.17. The van der Waals surface area contributed by atoms with Gasteiger partial charge in [0.25, 0.3) is 0 Å². The van der Waals surface area contributed by atoms with E-state index < -0.39 is 0 Å². The molecule has 1 aliphatic heterocycles. The summed E-state index contributed by atoms with van der Waals surface area (Å²) < 4.78 is 0.979. The highest BCUT2D eigenvalue weighted by atomic mass is 79.9. The van der Waals surface area contributed by atoms with Crippen LogP contribution in [-0.2, 0) is 4.79 Å². The Balaban J connectivity index is 1.85. The number of halogens is 1. The van der Waals surface area contributed by atoms with Gasteiger partial charge in [-0.05, 0) is 43.5 Å². The van der Waals surface area contributed by atoms with Gasteiger partial charge < -0.3 is 5.32 Å². The van der Waals surface area contributed by atoms with Gasteiger partial charge in [0, 0.05) is 16.7 Å². The summed E-state index contributed by atoms with van der Waals surface area (Å²) in [6.07, 6.45) is 2.48. The molecule has 1 fully saturated rings. The van der Waals surface area contributed by atoms with Crippen LogP contribution in [0.25, 0.3) is 0 Å². The zero-order valence-electron chi connectivity index (χ0n) is 10.7. The van der Waals surface area contributed by atoms with E-state index in [4.69, 9.17) is 0 Å². The van der Waals surface area contributed by atoms with E-state index >= 15 is 0 Å². The molecule has 1 N–H and O–H groups in total. The number of nitrogens with zero attached hydrogens (tertiary/aromatic N) is 1. The zero-order chi connectivity index (χ0) is 13.0. The molecule has 0 spiro atoms. The van der Waals surface area contributed by atoms with Crippen molar-refractivity contribution in [2.45, 2.75) is 19.8 Å². The highest BCUT2D eigenvalue weighted by molar-refractivity contribution is 9.10. The van der Waals surface area contributed by atoms with Crippen LogP contribution in [0.3, 0.4) is 0 Å². The van der Waals surface area contributed by atoms with Crippen LogP contribution in [0.2, 0.25) is 0 Å². The Morgan fingerprint density at radius 1 is 1.56 bits per heavy atom. The molecule has 1 heterocycles. The van der Waals surface area contributed by atoms with Crippen LogP contribution >= 0.6 is 15.9 Å². The van der Waals surface area contributed by atoms with E-state index in [1.165, 1.54) is 12.8 Å². The number of carbonyl (C=O) groups excluding carboxylic acids is 1. The second-order valence-electron chi connectivity index (χ2n) is 5.04. The van der Waals surface area contributed by atoms with Crippen molar-refractivity contribution in [3.63, 3.8) is 0 Å². The van der Waals surface area contributed by atoms with E-state index in [0.717, 1.165) is 23.2 Å². The predicted molar refractivity (Wildman–Crippen MR) is 77.6 cm³/mol. The summed E-state index contributed by atoms with van der Waals surface area (Å²) in [5.74, 6) is 0.777. The number of anilines is 1. The maximum Gasteiger partial charge on any atom is 0.238 e. The predicted octanol–water partition coefficient (Wildman–Crippen LogP) is 3.12. The largest absolute Gasteiger partial charge is 0.325 e. The number of hydrogen-bond donors (Lipinski definition) is 1. The van der Waals surface area contributed by atoms with Gasteiger partial charge in [-0.1, -0.05) is 28.9 Å². The molecule has 1 atom stereocenters. The van der Waals surface area contributed by atoms with Gasteiger partial charge in [0.2, 0.25) is 5.91 Å². The first-order valence-corrected chi connectivity index (χ1v) is 7.20. The van der Waals surface area contributed by atoms with Gasteiger partial charge in [-0.15, -0.1) is 0 Å². The fourth-order valence-corrected chi connectivity index (χ4v) is 2.80. The highest BCUT2D eigenvalue weighted by Gasteiger charge is 2.18. The lowest BCUT2D eigenvalue weighted by atomic mass is 10.0. The van der Waals surface area contributed by atoms with E-state index in [1.54, 1.807) is 0 Å². The Labute approximate surface area is 117 Å². The lowest BCUT2D eigenvalue weighted by molar-refractivity contribution is -0.117. The molecule has 18 heavy (non-hydrogen) atoms. The summed E-state index contributed by atoms with van der Waals surface area (Å²) in [6.45, 7) is 4.82. The summed E-state index contributed by atoms with van der Waals surface area (Å²) in [6, 6.07) is 7.68. The Bertz CT molecular complexity index is 422. The molecule has 0 radical (unpaired) electrons. The van der Waals surface area contributed by atoms with Crippen molar-refractivity contribution in [1.29, 1.82) is 0 Å². The van der Waals surface area contributed by atoms with Gasteiger partial charge in [-0.25, -0.2) is 0 Å². The second kappa shape index (κ2) is 6.34. The molecule has 1 unspecified atom stereocenters. The van der Waals surface area contributed by atoms with Crippen LogP contribution < -0.4 is 5.32 Å². The van der Waals surface area contributed by atoms with Crippen molar-refractivity contribution >= 4 is 27.5 Å². The number of piperidine rings is 1. The summed E-state index contributed by atoms with van der Waals surface area (Å²) in [5.41, 5.74) is 0.847. The van der Waals surface area contributed by atoms with Crippen molar-refractivity contribution in [1.82, 2.24) is 4.90 Å². The molecular formula is C14H19BrN2O. The third-order valence-electron chi connectivity index (χ3n) is 3.22. The number of nitrogens with one attached hydrogen (secondary N) is 1. The molecule has 1 aromatic rings. The molecule has 1 amide bonds. The minimum absolute atomic E-state index is 0.0715. The average molecular weight is 311 g/mol. The van der Waals surface area contributed by atoms with Crippen LogP contribution in [0.1, 0.15) is 19.8 Å². The monoisotopic (exact) mass is 310 g/mol. The number of benzene rings is 1. The molecule has 0 saturated carbocycles. The number of rotatable bonds is 3. The molecule has 4 heteroatoms. The molecular weight excluding hydrogens is 292 g/mol. The lowest BCUT2D eigenvalue weighted by Gasteiger charge is -2.30. The Morgan fingerprint density at radius 3 is 3.11 bits per heavy atom. The van der Waals surface area contributed by atoms with Crippen LogP contribution in [-0.4, -0.2) is 30.4 Å². The summed E-state index contributed by atoms with van der Waals surface area (Å²) in [5, 5.41) is 2.93. The van der Waals surface area contributed by atoms with Gasteiger partial charge >= 0.3 is 0 Å². The quantitative estimate of drug-likeness (QED) is 0.930. The van der Waals surface area contributed by atoms with Gasteiger partial charge in [-0.3, -0.25) is 9.69 Å². The molecule has 98 valence electrons. The number of amides is 1. The molecule has 0 aliphatic carbocycles. The van der Waals surface area contributed by atoms with Crippen LogP contribution in [0.4, 0.5) is 5.69 Å². The van der Waals surface area contributed by atoms with Gasteiger partial charge in [0.05, 0.1) is 6.54 Å². The third kappa shape index (κ3) is 4.10. The van der Waals surface area contributed by atoms with Crippen LogP contribution in [0, 0.1) is 5.92 Å². The normalized spacial score (nSPS) is 20.7. The van der Waals surface area contributed by atoms with Crippen molar-refractivity contribution in [2.24, 2.45) is 5.92 Å². The summed E-state index contributed by atoms with van der Waals surface area (Å²) in [4.78, 5) is 14.2. The average Bonchev–Trinajstić information content (AvgIpc) is 2.28. The molecule has 1 aliphatic rings. The zero-order valence-corrected chi connectivity index (χ0v) is 12.2. The Hall–Kier alpha value is -0.870. The standard InChI is InChI=1S/C14H19BrN2O/c1-11-4-3-7-17(9-11)10-14(18)16-13-6-2-5-12(15)8-13/h2,5-6,8,11H,3-4,7,9-10H2,1H3,(H,16,18). The smallest absolute Gasteiger partial charge is 0.238 e. The molecule has 0 bridgehead atoms. The SMILES string of the molecule is CC1CCCN(CC(=O)Nc2cccc(Br)c2)C1. The van der Waals surface area contributed by atoms with E-state index in [9.17, 15) is 4.79 Å². The first-order valence-electron chi connectivity index (χ1n) is 6.41. The molecule has 3 nitrogen and oxygen atoms in total. The number of likely N-dealkylation sites (tertiary alicyclic amines) is 1. The minimum atomic E-state index is 0.0715. The topological polar surface area (TPSA) is 32.3 Å². The molecule has 0 aromatic heterocycles. The molecule has 2 rings (SSSR count). The van der Waals surface area contributed by atoms with E-state index in [2.05, 4.69) is 33.1 Å². The number of hydrogen-bond acceptors (Lipinski definition) is 2. The van der Waals surface area contributed by atoms with Crippen LogP contribution in [0.15, 0.2) is 28.7 Å². The minimum Gasteiger partial charge on any atom is -0.325 e. The van der Waals surface area contributed by atoms with E-state index in [-0.39, 0.29) is 5.91 Å².